The molecule has 0 saturated carbocycles. The van der Waals surface area contributed by atoms with Crippen molar-refractivity contribution in [2.24, 2.45) is 0 Å². The van der Waals surface area contributed by atoms with Gasteiger partial charge in [0.25, 0.3) is 5.69 Å². The third-order valence-electron chi connectivity index (χ3n) is 5.11. The van der Waals surface area contributed by atoms with Crippen molar-refractivity contribution in [3.05, 3.63) is 88.5 Å². The summed E-state index contributed by atoms with van der Waals surface area (Å²) in [5, 5.41) is 11.1. The van der Waals surface area contributed by atoms with Crippen LogP contribution in [0.1, 0.15) is 5.56 Å². The van der Waals surface area contributed by atoms with Crippen molar-refractivity contribution in [1.29, 1.82) is 0 Å². The number of methoxy groups -OCH3 is 1. The summed E-state index contributed by atoms with van der Waals surface area (Å²) in [6, 6.07) is 21.7. The Labute approximate surface area is 176 Å². The van der Waals surface area contributed by atoms with Gasteiger partial charge in [-0.05, 0) is 30.3 Å². The number of rotatable bonds is 5. The second-order valence-electron chi connectivity index (χ2n) is 7.00. The number of hydrogen-bond donors (Lipinski definition) is 0. The van der Waals surface area contributed by atoms with Gasteiger partial charge in [-0.2, -0.15) is 0 Å². The lowest BCUT2D eigenvalue weighted by atomic mass is 10.1. The van der Waals surface area contributed by atoms with Crippen molar-refractivity contribution in [2.45, 2.75) is 6.54 Å². The van der Waals surface area contributed by atoms with Gasteiger partial charge in [0, 0.05) is 23.3 Å². The molecule has 8 nitrogen and oxygen atoms in total. The van der Waals surface area contributed by atoms with Gasteiger partial charge < -0.3 is 9.30 Å². The van der Waals surface area contributed by atoms with Gasteiger partial charge in [-0.3, -0.25) is 10.1 Å². The van der Waals surface area contributed by atoms with Crippen molar-refractivity contribution in [2.75, 3.05) is 7.11 Å². The van der Waals surface area contributed by atoms with Gasteiger partial charge in [0.1, 0.15) is 11.6 Å². The van der Waals surface area contributed by atoms with E-state index in [1.54, 1.807) is 19.2 Å². The van der Waals surface area contributed by atoms with E-state index in [1.807, 2.05) is 53.1 Å². The van der Waals surface area contributed by atoms with Crippen LogP contribution in [-0.4, -0.2) is 31.6 Å². The highest BCUT2D eigenvalue weighted by atomic mass is 16.6. The molecule has 3 aromatic carbocycles. The van der Waals surface area contributed by atoms with Crippen molar-refractivity contribution < 1.29 is 9.66 Å². The molecule has 0 atom stereocenters. The van der Waals surface area contributed by atoms with Crippen LogP contribution >= 0.6 is 0 Å². The normalized spacial score (nSPS) is 11.1. The lowest BCUT2D eigenvalue weighted by Crippen LogP contribution is -2.05. The SMILES string of the molecule is COc1ccccc1Cn1c(-c2ccc([N+](=O)[O-])cc2)nc2nc3ccccc3nc21. The molecule has 0 fully saturated rings. The molecule has 8 heteroatoms. The van der Waals surface area contributed by atoms with E-state index in [1.165, 1.54) is 12.1 Å². The standard InChI is InChI=1S/C23H17N5O3/c1-31-20-9-5-2-6-16(20)14-27-22(15-10-12-17(13-11-15)28(29)30)26-21-23(27)25-19-8-4-3-7-18(19)24-21/h2-13H,14H2,1H3. The molecule has 0 unspecified atom stereocenters. The number of fused-ring (bicyclic) bond motifs is 2. The number of imidazole rings is 1. The summed E-state index contributed by atoms with van der Waals surface area (Å²) in [7, 11) is 1.63. The molecule has 0 aliphatic rings. The summed E-state index contributed by atoms with van der Waals surface area (Å²) in [6.07, 6.45) is 0. The van der Waals surface area contributed by atoms with Crippen molar-refractivity contribution in [3.8, 4) is 17.1 Å². The largest absolute Gasteiger partial charge is 0.496 e. The van der Waals surface area contributed by atoms with E-state index >= 15 is 0 Å². The lowest BCUT2D eigenvalue weighted by molar-refractivity contribution is -0.384. The number of nitrogens with zero attached hydrogens (tertiary/aromatic N) is 5. The molecule has 0 N–H and O–H groups in total. The van der Waals surface area contributed by atoms with Crippen LogP contribution in [0, 0.1) is 10.1 Å². The molecule has 0 radical (unpaired) electrons. The zero-order chi connectivity index (χ0) is 21.4. The second kappa shape index (κ2) is 7.49. The maximum absolute atomic E-state index is 11.1. The van der Waals surface area contributed by atoms with Crippen LogP contribution in [0.2, 0.25) is 0 Å². The molecule has 5 rings (SSSR count). The number of para-hydroxylation sites is 3. The Morgan fingerprint density at radius 3 is 2.29 bits per heavy atom. The Bertz CT molecular complexity index is 1430. The van der Waals surface area contributed by atoms with Gasteiger partial charge in [0.2, 0.25) is 0 Å². The molecular weight excluding hydrogens is 394 g/mol. The zero-order valence-corrected chi connectivity index (χ0v) is 16.6. The lowest BCUT2D eigenvalue weighted by Gasteiger charge is -2.12. The monoisotopic (exact) mass is 411 g/mol. The van der Waals surface area contributed by atoms with E-state index in [4.69, 9.17) is 14.7 Å². The molecule has 0 saturated heterocycles. The minimum Gasteiger partial charge on any atom is -0.496 e. The van der Waals surface area contributed by atoms with E-state index < -0.39 is 4.92 Å². The van der Waals surface area contributed by atoms with Gasteiger partial charge >= 0.3 is 0 Å². The molecule has 0 aliphatic heterocycles. The quantitative estimate of drug-likeness (QED) is 0.309. The smallest absolute Gasteiger partial charge is 0.269 e. The molecule has 0 aliphatic carbocycles. The third kappa shape index (κ3) is 3.33. The predicted octanol–water partition coefficient (Wildman–Crippen LogP) is 4.61. The number of nitro groups is 1. The van der Waals surface area contributed by atoms with Gasteiger partial charge in [-0.25, -0.2) is 15.0 Å². The Morgan fingerprint density at radius 1 is 0.903 bits per heavy atom. The van der Waals surface area contributed by atoms with Gasteiger partial charge in [0.15, 0.2) is 11.3 Å². The average Bonchev–Trinajstić information content (AvgIpc) is 3.15. The molecule has 2 aromatic heterocycles. The van der Waals surface area contributed by atoms with Crippen molar-refractivity contribution in [3.63, 3.8) is 0 Å². The minimum atomic E-state index is -0.419. The summed E-state index contributed by atoms with van der Waals surface area (Å²) in [5.41, 5.74) is 4.41. The van der Waals surface area contributed by atoms with Crippen LogP contribution in [0.4, 0.5) is 5.69 Å². The van der Waals surface area contributed by atoms with Crippen LogP contribution in [0.25, 0.3) is 33.7 Å². The van der Waals surface area contributed by atoms with E-state index in [-0.39, 0.29) is 5.69 Å². The van der Waals surface area contributed by atoms with Crippen LogP contribution in [-0.2, 0) is 6.54 Å². The van der Waals surface area contributed by atoms with E-state index in [0.29, 0.717) is 23.7 Å². The molecule has 0 spiro atoms. The molecule has 0 amide bonds. The highest BCUT2D eigenvalue weighted by molar-refractivity contribution is 5.85. The van der Waals surface area contributed by atoms with Gasteiger partial charge in [-0.15, -0.1) is 0 Å². The first-order valence-corrected chi connectivity index (χ1v) is 9.64. The Morgan fingerprint density at radius 2 is 1.58 bits per heavy atom. The van der Waals surface area contributed by atoms with E-state index in [2.05, 4.69) is 4.98 Å². The number of aromatic nitrogens is 4. The number of ether oxygens (including phenoxy) is 1. The molecule has 0 bridgehead atoms. The fourth-order valence-corrected chi connectivity index (χ4v) is 3.60. The fraction of sp³-hybridized carbons (Fsp3) is 0.0870. The summed E-state index contributed by atoms with van der Waals surface area (Å²) in [4.78, 5) is 24.9. The summed E-state index contributed by atoms with van der Waals surface area (Å²) in [6.45, 7) is 0.458. The van der Waals surface area contributed by atoms with Crippen LogP contribution < -0.4 is 4.74 Å². The molecule has 31 heavy (non-hydrogen) atoms. The first kappa shape index (κ1) is 18.7. The highest BCUT2D eigenvalue weighted by Gasteiger charge is 2.18. The summed E-state index contributed by atoms with van der Waals surface area (Å²) >= 11 is 0. The van der Waals surface area contributed by atoms with E-state index in [0.717, 1.165) is 27.9 Å². The maximum Gasteiger partial charge on any atom is 0.269 e. The molecule has 5 aromatic rings. The van der Waals surface area contributed by atoms with Crippen LogP contribution in [0.3, 0.4) is 0 Å². The van der Waals surface area contributed by atoms with Crippen LogP contribution in [0.5, 0.6) is 5.75 Å². The topological polar surface area (TPSA) is 96.0 Å². The number of nitro benzene ring substituents is 1. The van der Waals surface area contributed by atoms with Gasteiger partial charge in [-0.1, -0.05) is 30.3 Å². The summed E-state index contributed by atoms with van der Waals surface area (Å²) in [5.74, 6) is 1.39. The third-order valence-corrected chi connectivity index (χ3v) is 5.11. The summed E-state index contributed by atoms with van der Waals surface area (Å²) < 4.78 is 7.49. The minimum absolute atomic E-state index is 0.0260. The predicted molar refractivity (Wildman–Crippen MR) is 117 cm³/mol. The number of non-ortho nitro benzene ring substituents is 1. The first-order chi connectivity index (χ1) is 15.1. The number of hydrogen-bond acceptors (Lipinski definition) is 6. The van der Waals surface area contributed by atoms with E-state index in [9.17, 15) is 10.1 Å². The maximum atomic E-state index is 11.1. The second-order valence-corrected chi connectivity index (χ2v) is 7.00. The Balaban J connectivity index is 1.73. The molecular formula is C23H17N5O3. The zero-order valence-electron chi connectivity index (χ0n) is 16.6. The molecule has 152 valence electrons. The van der Waals surface area contributed by atoms with Crippen molar-refractivity contribution in [1.82, 2.24) is 19.5 Å². The van der Waals surface area contributed by atoms with Crippen molar-refractivity contribution >= 4 is 28.0 Å². The fourth-order valence-electron chi connectivity index (χ4n) is 3.60. The number of benzene rings is 3. The Hall–Kier alpha value is -4.33. The average molecular weight is 411 g/mol. The Kier molecular flexibility index (Phi) is 4.51. The highest BCUT2D eigenvalue weighted by Crippen LogP contribution is 2.29. The first-order valence-electron chi connectivity index (χ1n) is 9.64. The molecule has 2 heterocycles. The van der Waals surface area contributed by atoms with Gasteiger partial charge in [0.05, 0.1) is 29.6 Å². The van der Waals surface area contributed by atoms with Crippen LogP contribution in [0.15, 0.2) is 72.8 Å².